The van der Waals surface area contributed by atoms with Crippen LogP contribution in [0, 0.1) is 112 Å². The molecule has 16 unspecified atom stereocenters. The second-order valence-corrected chi connectivity index (χ2v) is 24.4. The summed E-state index contributed by atoms with van der Waals surface area (Å²) in [7, 11) is 0. The van der Waals surface area contributed by atoms with E-state index in [0.717, 1.165) is 119 Å². The summed E-state index contributed by atoms with van der Waals surface area (Å²) in [6.07, 6.45) is 43.4. The van der Waals surface area contributed by atoms with Gasteiger partial charge in [0.2, 0.25) is 0 Å². The molecule has 0 aromatic heterocycles. The Balaban J connectivity index is 0.787. The Morgan fingerprint density at radius 1 is 0.518 bits per heavy atom. The van der Waals surface area contributed by atoms with Gasteiger partial charge in [0, 0.05) is 0 Å². The quantitative estimate of drug-likeness (QED) is 0.186. The summed E-state index contributed by atoms with van der Waals surface area (Å²) in [6, 6.07) is 0. The standard InChI is InChI=1S/C55H96O/c1-7-10-13-45-33-52-46(25-20-39-14-11-12-15-48(39)52)32-51(45)38(9-3)19-17-36(4)16-18-37(8-2)40-21-22-42-31-43(24-23-41(42)30-40)44-26-28-49-50-29-27-47(56)35-54(50)55(5,6)53(49)34-44/h36-54,56H,7-35H2,1-6H3/t36?,37?,38?,39?,40?,41?,42-,43-,44?,45?,46?,47?,48?,49-,50?,51?,52?,53?,54?/m1/s1. The normalized spacial score (nSPS) is 46.3. The SMILES string of the molecule is CCCCC1CC2C(CCC3CCCCC32)CC1C(CC)CCC(C)CCC(CC)C1CC[C@@H]2C[C@H](C3CC[C@@H]4C5CCC(O)CC5C(C)(C)C4C3)CCC2C1. The highest BCUT2D eigenvalue weighted by atomic mass is 16.3. The minimum Gasteiger partial charge on any atom is -0.393 e. The average Bonchev–Trinajstić information content (AvgIpc) is 3.44. The third kappa shape index (κ3) is 8.96. The maximum absolute atomic E-state index is 10.6. The average molecular weight is 773 g/mol. The molecule has 19 atom stereocenters. The molecule has 8 saturated carbocycles. The van der Waals surface area contributed by atoms with Gasteiger partial charge in [-0.1, -0.05) is 106 Å². The van der Waals surface area contributed by atoms with Crippen molar-refractivity contribution < 1.29 is 5.11 Å². The molecule has 0 heterocycles. The minimum absolute atomic E-state index is 0.0190. The van der Waals surface area contributed by atoms with Gasteiger partial charge >= 0.3 is 0 Å². The highest BCUT2D eigenvalue weighted by Gasteiger charge is 2.58. The molecule has 1 heteroatoms. The van der Waals surface area contributed by atoms with Crippen LogP contribution < -0.4 is 0 Å². The fourth-order valence-corrected chi connectivity index (χ4v) is 18.5. The number of fused-ring (bicyclic) bond motifs is 7. The van der Waals surface area contributed by atoms with Crippen molar-refractivity contribution in [2.75, 3.05) is 0 Å². The summed E-state index contributed by atoms with van der Waals surface area (Å²) >= 11 is 0. The first kappa shape index (κ1) is 42.6. The number of rotatable bonds is 14. The summed E-state index contributed by atoms with van der Waals surface area (Å²) in [5.74, 6) is 18.2. The van der Waals surface area contributed by atoms with E-state index >= 15 is 0 Å². The van der Waals surface area contributed by atoms with Gasteiger partial charge in [0.1, 0.15) is 0 Å². The molecule has 0 aromatic carbocycles. The maximum atomic E-state index is 10.6. The van der Waals surface area contributed by atoms with E-state index in [2.05, 4.69) is 41.5 Å². The predicted octanol–water partition coefficient (Wildman–Crippen LogP) is 16.0. The number of aliphatic hydroxyl groups excluding tert-OH is 1. The van der Waals surface area contributed by atoms with Gasteiger partial charge in [-0.2, -0.15) is 0 Å². The third-order valence-electron chi connectivity index (χ3n) is 21.7. The van der Waals surface area contributed by atoms with E-state index in [1.165, 1.54) is 83.5 Å². The van der Waals surface area contributed by atoms with Gasteiger partial charge in [0.05, 0.1) is 6.10 Å². The van der Waals surface area contributed by atoms with Gasteiger partial charge < -0.3 is 5.11 Å². The molecular weight excluding hydrogens is 677 g/mol. The second kappa shape index (κ2) is 18.9. The van der Waals surface area contributed by atoms with Crippen molar-refractivity contribution >= 4 is 0 Å². The first-order valence-corrected chi connectivity index (χ1v) is 26.9. The molecule has 0 amide bonds. The van der Waals surface area contributed by atoms with E-state index in [1.54, 1.807) is 89.9 Å². The van der Waals surface area contributed by atoms with Gasteiger partial charge in [-0.3, -0.25) is 0 Å². The first-order chi connectivity index (χ1) is 27.2. The van der Waals surface area contributed by atoms with E-state index in [4.69, 9.17) is 0 Å². The van der Waals surface area contributed by atoms with E-state index in [9.17, 15) is 5.11 Å². The van der Waals surface area contributed by atoms with Crippen LogP contribution in [0.1, 0.15) is 228 Å². The monoisotopic (exact) mass is 773 g/mol. The third-order valence-corrected chi connectivity index (χ3v) is 21.7. The van der Waals surface area contributed by atoms with Crippen molar-refractivity contribution in [3.63, 3.8) is 0 Å². The summed E-state index contributed by atoms with van der Waals surface area (Å²) in [4.78, 5) is 0. The van der Waals surface area contributed by atoms with Gasteiger partial charge in [0.15, 0.2) is 0 Å². The van der Waals surface area contributed by atoms with E-state index < -0.39 is 0 Å². The smallest absolute Gasteiger partial charge is 0.0543 e. The molecule has 8 aliphatic carbocycles. The van der Waals surface area contributed by atoms with Crippen LogP contribution in [-0.4, -0.2) is 11.2 Å². The maximum Gasteiger partial charge on any atom is 0.0543 e. The molecule has 56 heavy (non-hydrogen) atoms. The molecule has 1 N–H and O–H groups in total. The largest absolute Gasteiger partial charge is 0.393 e. The van der Waals surface area contributed by atoms with Crippen LogP contribution in [0.5, 0.6) is 0 Å². The number of aliphatic hydroxyl groups is 1. The lowest BCUT2D eigenvalue weighted by Gasteiger charge is -2.53. The molecule has 8 fully saturated rings. The number of unbranched alkanes of at least 4 members (excludes halogenated alkanes) is 1. The van der Waals surface area contributed by atoms with Crippen molar-refractivity contribution in [2.24, 2.45) is 112 Å². The van der Waals surface area contributed by atoms with Crippen molar-refractivity contribution in [1.82, 2.24) is 0 Å². The lowest BCUT2D eigenvalue weighted by Crippen LogP contribution is -2.44. The number of hydrogen-bond donors (Lipinski definition) is 1. The van der Waals surface area contributed by atoms with Crippen LogP contribution >= 0.6 is 0 Å². The van der Waals surface area contributed by atoms with E-state index in [0.29, 0.717) is 5.41 Å². The van der Waals surface area contributed by atoms with Crippen LogP contribution in [-0.2, 0) is 0 Å². The Morgan fingerprint density at radius 3 is 1.88 bits per heavy atom. The Kier molecular flexibility index (Phi) is 14.4. The van der Waals surface area contributed by atoms with Crippen LogP contribution in [0.25, 0.3) is 0 Å². The molecule has 0 bridgehead atoms. The molecule has 0 aromatic rings. The second-order valence-electron chi connectivity index (χ2n) is 24.4. The molecule has 0 radical (unpaired) electrons. The highest BCUT2D eigenvalue weighted by Crippen LogP contribution is 2.65. The van der Waals surface area contributed by atoms with Crippen LogP contribution in [0.3, 0.4) is 0 Å². The van der Waals surface area contributed by atoms with Crippen molar-refractivity contribution in [3.8, 4) is 0 Å². The lowest BCUT2D eigenvalue weighted by atomic mass is 9.52. The van der Waals surface area contributed by atoms with Gasteiger partial charge in [-0.25, -0.2) is 0 Å². The molecule has 0 spiro atoms. The molecule has 322 valence electrons. The molecule has 8 aliphatic rings. The summed E-state index contributed by atoms with van der Waals surface area (Å²) in [5.41, 5.74) is 0.444. The first-order valence-electron chi connectivity index (χ1n) is 26.9. The Labute approximate surface area is 349 Å². The van der Waals surface area contributed by atoms with E-state index in [-0.39, 0.29) is 6.10 Å². The molecule has 0 aliphatic heterocycles. The van der Waals surface area contributed by atoms with E-state index in [1.807, 2.05) is 0 Å². The summed E-state index contributed by atoms with van der Waals surface area (Å²) < 4.78 is 0. The summed E-state index contributed by atoms with van der Waals surface area (Å²) in [5, 5.41) is 10.6. The zero-order valence-corrected chi connectivity index (χ0v) is 38.4. The van der Waals surface area contributed by atoms with Crippen LogP contribution in [0.4, 0.5) is 0 Å². The van der Waals surface area contributed by atoms with Gasteiger partial charge in [-0.05, 0) is 234 Å². The Morgan fingerprint density at radius 2 is 1.12 bits per heavy atom. The topological polar surface area (TPSA) is 20.2 Å². The molecule has 0 saturated heterocycles. The molecule has 8 rings (SSSR count). The summed E-state index contributed by atoms with van der Waals surface area (Å²) in [6.45, 7) is 15.5. The van der Waals surface area contributed by atoms with Gasteiger partial charge in [-0.15, -0.1) is 0 Å². The minimum atomic E-state index is -0.0190. The van der Waals surface area contributed by atoms with Gasteiger partial charge in [0.25, 0.3) is 0 Å². The van der Waals surface area contributed by atoms with Crippen molar-refractivity contribution in [1.29, 1.82) is 0 Å². The molecular formula is C55H96O. The van der Waals surface area contributed by atoms with Crippen LogP contribution in [0.2, 0.25) is 0 Å². The van der Waals surface area contributed by atoms with Crippen molar-refractivity contribution in [3.05, 3.63) is 0 Å². The fraction of sp³-hybridized carbons (Fsp3) is 1.00. The Hall–Kier alpha value is -0.0400. The molecule has 1 nitrogen and oxygen atoms in total. The Bertz CT molecular complexity index is 1200. The predicted molar refractivity (Wildman–Crippen MR) is 239 cm³/mol. The van der Waals surface area contributed by atoms with Crippen LogP contribution in [0.15, 0.2) is 0 Å². The number of hydrogen-bond acceptors (Lipinski definition) is 1. The zero-order valence-electron chi connectivity index (χ0n) is 38.4. The zero-order chi connectivity index (χ0) is 39.0. The van der Waals surface area contributed by atoms with Crippen molar-refractivity contribution in [2.45, 2.75) is 234 Å². The lowest BCUT2D eigenvalue weighted by molar-refractivity contribution is -0.0318. The fourth-order valence-electron chi connectivity index (χ4n) is 18.5. The highest BCUT2D eigenvalue weighted by molar-refractivity contribution is 5.07.